The highest BCUT2D eigenvalue weighted by atomic mass is 35.5. The van der Waals surface area contributed by atoms with E-state index < -0.39 is 15.9 Å². The second-order valence-electron chi connectivity index (χ2n) is 4.57. The molecule has 17 heavy (non-hydrogen) atoms. The largest absolute Gasteiger partial charge is 0.388 e. The van der Waals surface area contributed by atoms with E-state index in [1.54, 1.807) is 24.3 Å². The van der Waals surface area contributed by atoms with Crippen LogP contribution in [0.25, 0.3) is 0 Å². The summed E-state index contributed by atoms with van der Waals surface area (Å²) in [5, 5.41) is 10.6. The van der Waals surface area contributed by atoms with Crippen molar-refractivity contribution >= 4 is 21.4 Å². The van der Waals surface area contributed by atoms with Crippen LogP contribution < -0.4 is 0 Å². The third kappa shape index (κ3) is 3.44. The van der Waals surface area contributed by atoms with Crippen LogP contribution in [-0.4, -0.2) is 25.0 Å². The van der Waals surface area contributed by atoms with Crippen LogP contribution in [0, 0.1) is 5.92 Å². The molecule has 1 aliphatic heterocycles. The summed E-state index contributed by atoms with van der Waals surface area (Å²) in [5.74, 6) is 0.536. The topological polar surface area (TPSA) is 54.4 Å². The molecule has 2 rings (SSSR count). The van der Waals surface area contributed by atoms with Crippen molar-refractivity contribution in [3.05, 3.63) is 34.9 Å². The minimum absolute atomic E-state index is 0.0747. The van der Waals surface area contributed by atoms with Crippen LogP contribution in [0.15, 0.2) is 24.3 Å². The summed E-state index contributed by atoms with van der Waals surface area (Å²) in [7, 11) is -2.86. The van der Waals surface area contributed by atoms with Crippen molar-refractivity contribution < 1.29 is 13.5 Å². The van der Waals surface area contributed by atoms with Crippen LogP contribution in [0.2, 0.25) is 5.02 Å². The van der Waals surface area contributed by atoms with E-state index in [2.05, 4.69) is 0 Å². The van der Waals surface area contributed by atoms with Crippen LogP contribution in [-0.2, 0) is 9.84 Å². The molecule has 0 spiro atoms. The van der Waals surface area contributed by atoms with Crippen LogP contribution in [0.3, 0.4) is 0 Å². The van der Waals surface area contributed by atoms with Gasteiger partial charge in [-0.05, 0) is 36.5 Å². The molecule has 2 unspecified atom stereocenters. The Hall–Kier alpha value is -0.580. The Morgan fingerprint density at radius 3 is 2.53 bits per heavy atom. The highest BCUT2D eigenvalue weighted by Gasteiger charge is 2.29. The van der Waals surface area contributed by atoms with Gasteiger partial charge in [0.05, 0.1) is 17.6 Å². The Kier molecular flexibility index (Phi) is 3.76. The number of halogens is 1. The van der Waals surface area contributed by atoms with E-state index >= 15 is 0 Å². The van der Waals surface area contributed by atoms with Gasteiger partial charge in [-0.3, -0.25) is 0 Å². The Bertz CT molecular complexity index is 481. The molecule has 1 N–H and O–H groups in total. The highest BCUT2D eigenvalue weighted by molar-refractivity contribution is 7.91. The Morgan fingerprint density at radius 1 is 1.35 bits per heavy atom. The molecule has 5 heteroatoms. The zero-order valence-corrected chi connectivity index (χ0v) is 10.9. The Balaban J connectivity index is 1.98. The fraction of sp³-hybridized carbons (Fsp3) is 0.500. The van der Waals surface area contributed by atoms with E-state index in [9.17, 15) is 13.5 Å². The molecule has 1 heterocycles. The first-order chi connectivity index (χ1) is 7.96. The van der Waals surface area contributed by atoms with E-state index in [0.29, 0.717) is 17.9 Å². The summed E-state index contributed by atoms with van der Waals surface area (Å²) < 4.78 is 22.6. The van der Waals surface area contributed by atoms with E-state index in [4.69, 9.17) is 11.6 Å². The molecule has 1 fully saturated rings. The molecular weight excluding hydrogens is 260 g/mol. The Labute approximate surface area is 106 Å². The first kappa shape index (κ1) is 12.9. The standard InChI is InChI=1S/C12H15ClO3S/c13-11-3-1-10(2-4-11)12(14)7-9-5-6-17(15,16)8-9/h1-4,9,12,14H,5-8H2. The van der Waals surface area contributed by atoms with Gasteiger partial charge in [-0.15, -0.1) is 0 Å². The molecule has 0 amide bonds. The van der Waals surface area contributed by atoms with Gasteiger partial charge in [0.25, 0.3) is 0 Å². The van der Waals surface area contributed by atoms with Crippen molar-refractivity contribution in [1.29, 1.82) is 0 Å². The molecule has 94 valence electrons. The zero-order chi connectivity index (χ0) is 12.5. The third-order valence-electron chi connectivity index (χ3n) is 3.14. The Morgan fingerprint density at radius 2 is 2.00 bits per heavy atom. The van der Waals surface area contributed by atoms with Gasteiger partial charge in [0.15, 0.2) is 9.84 Å². The van der Waals surface area contributed by atoms with Crippen molar-refractivity contribution in [1.82, 2.24) is 0 Å². The summed E-state index contributed by atoms with van der Waals surface area (Å²) in [6, 6.07) is 7.00. The van der Waals surface area contributed by atoms with E-state index in [1.165, 1.54) is 0 Å². The maximum atomic E-state index is 11.3. The first-order valence-electron chi connectivity index (χ1n) is 5.60. The van der Waals surface area contributed by atoms with Crippen molar-refractivity contribution in [3.8, 4) is 0 Å². The molecule has 3 nitrogen and oxygen atoms in total. The smallest absolute Gasteiger partial charge is 0.150 e. The van der Waals surface area contributed by atoms with Gasteiger partial charge in [0.1, 0.15) is 0 Å². The number of hydrogen-bond acceptors (Lipinski definition) is 3. The molecule has 2 atom stereocenters. The predicted molar refractivity (Wildman–Crippen MR) is 67.8 cm³/mol. The fourth-order valence-corrected chi connectivity index (χ4v) is 4.20. The normalized spacial score (nSPS) is 24.7. The molecule has 0 saturated carbocycles. The van der Waals surface area contributed by atoms with Crippen molar-refractivity contribution in [2.45, 2.75) is 18.9 Å². The lowest BCUT2D eigenvalue weighted by Crippen LogP contribution is -2.09. The van der Waals surface area contributed by atoms with Gasteiger partial charge in [-0.25, -0.2) is 8.42 Å². The lowest BCUT2D eigenvalue weighted by Gasteiger charge is -2.14. The highest BCUT2D eigenvalue weighted by Crippen LogP contribution is 2.29. The van der Waals surface area contributed by atoms with E-state index in [-0.39, 0.29) is 17.4 Å². The second kappa shape index (κ2) is 4.96. The van der Waals surface area contributed by atoms with Crippen LogP contribution in [0.1, 0.15) is 24.5 Å². The van der Waals surface area contributed by atoms with Gasteiger partial charge in [-0.1, -0.05) is 23.7 Å². The molecule has 0 bridgehead atoms. The summed E-state index contributed by atoms with van der Waals surface area (Å²) in [6.45, 7) is 0. The number of hydrogen-bond donors (Lipinski definition) is 1. The SMILES string of the molecule is O=S1(=O)CCC(CC(O)c2ccc(Cl)cc2)C1. The van der Waals surface area contributed by atoms with Crippen LogP contribution in [0.4, 0.5) is 0 Å². The minimum Gasteiger partial charge on any atom is -0.388 e. The molecular formula is C12H15ClO3S. The monoisotopic (exact) mass is 274 g/mol. The van der Waals surface area contributed by atoms with Crippen molar-refractivity contribution in [3.63, 3.8) is 0 Å². The second-order valence-corrected chi connectivity index (χ2v) is 7.24. The molecule has 0 aromatic heterocycles. The fourth-order valence-electron chi connectivity index (χ4n) is 2.19. The summed E-state index contributed by atoms with van der Waals surface area (Å²) in [5.41, 5.74) is 0.790. The van der Waals surface area contributed by atoms with Crippen molar-refractivity contribution in [2.75, 3.05) is 11.5 Å². The molecule has 1 aromatic carbocycles. The van der Waals surface area contributed by atoms with Gasteiger partial charge < -0.3 is 5.11 Å². The third-order valence-corrected chi connectivity index (χ3v) is 5.23. The zero-order valence-electron chi connectivity index (χ0n) is 9.34. The minimum atomic E-state index is -2.86. The number of rotatable bonds is 3. The van der Waals surface area contributed by atoms with Crippen molar-refractivity contribution in [2.24, 2.45) is 5.92 Å². The van der Waals surface area contributed by atoms with E-state index in [0.717, 1.165) is 5.56 Å². The summed E-state index contributed by atoms with van der Waals surface area (Å²) in [4.78, 5) is 0. The lowest BCUT2D eigenvalue weighted by atomic mass is 9.96. The number of benzene rings is 1. The maximum Gasteiger partial charge on any atom is 0.150 e. The molecule has 1 saturated heterocycles. The predicted octanol–water partition coefficient (Wildman–Crippen LogP) is 2.20. The average molecular weight is 275 g/mol. The molecule has 0 radical (unpaired) electrons. The van der Waals surface area contributed by atoms with Gasteiger partial charge in [0, 0.05) is 5.02 Å². The van der Waals surface area contributed by atoms with E-state index in [1.807, 2.05) is 0 Å². The maximum absolute atomic E-state index is 11.3. The molecule has 0 aliphatic carbocycles. The molecule has 1 aromatic rings. The van der Waals surface area contributed by atoms with Crippen LogP contribution in [0.5, 0.6) is 0 Å². The van der Waals surface area contributed by atoms with Gasteiger partial charge >= 0.3 is 0 Å². The number of sulfone groups is 1. The molecule has 1 aliphatic rings. The average Bonchev–Trinajstić information content (AvgIpc) is 2.59. The summed E-state index contributed by atoms with van der Waals surface area (Å²) in [6.07, 6.45) is 0.555. The number of aliphatic hydroxyl groups excluding tert-OH is 1. The summed E-state index contributed by atoms with van der Waals surface area (Å²) >= 11 is 5.76. The first-order valence-corrected chi connectivity index (χ1v) is 7.80. The lowest BCUT2D eigenvalue weighted by molar-refractivity contribution is 0.148. The quantitative estimate of drug-likeness (QED) is 0.919. The number of aliphatic hydroxyl groups is 1. The van der Waals surface area contributed by atoms with Crippen LogP contribution >= 0.6 is 11.6 Å². The van der Waals surface area contributed by atoms with Gasteiger partial charge in [0.2, 0.25) is 0 Å². The van der Waals surface area contributed by atoms with Gasteiger partial charge in [-0.2, -0.15) is 0 Å².